The van der Waals surface area contributed by atoms with Crippen molar-refractivity contribution in [1.82, 2.24) is 10.3 Å². The molecule has 1 rings (SSSR count). The maximum absolute atomic E-state index is 11.2. The Balaban J connectivity index is 2.73. The lowest BCUT2D eigenvalue weighted by atomic mass is 10.3. The van der Waals surface area contributed by atoms with Crippen LogP contribution in [0, 0.1) is 0 Å². The van der Waals surface area contributed by atoms with Crippen molar-refractivity contribution in [2.24, 2.45) is 0 Å². The van der Waals surface area contributed by atoms with Gasteiger partial charge in [0, 0.05) is 25.5 Å². The first-order valence-electron chi connectivity index (χ1n) is 4.70. The first kappa shape index (κ1) is 10.5. The highest BCUT2D eigenvalue weighted by Crippen LogP contribution is 2.07. The molecule has 0 unspecified atom stereocenters. The zero-order valence-corrected chi connectivity index (χ0v) is 8.50. The van der Waals surface area contributed by atoms with Crippen LogP contribution in [0.25, 0.3) is 0 Å². The molecular formula is C10H15N3O. The van der Waals surface area contributed by atoms with E-state index in [1.54, 1.807) is 19.3 Å². The number of aromatic nitrogens is 1. The maximum atomic E-state index is 11.2. The number of amides is 1. The second kappa shape index (κ2) is 5.21. The predicted octanol–water partition coefficient (Wildman–Crippen LogP) is 1.26. The van der Waals surface area contributed by atoms with E-state index < -0.39 is 0 Å². The van der Waals surface area contributed by atoms with Gasteiger partial charge in [0.25, 0.3) is 5.91 Å². The van der Waals surface area contributed by atoms with Gasteiger partial charge in [-0.2, -0.15) is 0 Å². The smallest absolute Gasteiger partial charge is 0.269 e. The second-order valence-corrected chi connectivity index (χ2v) is 2.94. The van der Waals surface area contributed by atoms with Gasteiger partial charge in [-0.15, -0.1) is 0 Å². The third-order valence-electron chi connectivity index (χ3n) is 1.80. The Kier molecular flexibility index (Phi) is 3.91. The van der Waals surface area contributed by atoms with Crippen LogP contribution in [0.4, 0.5) is 5.69 Å². The molecule has 1 aromatic heterocycles. The van der Waals surface area contributed by atoms with Crippen molar-refractivity contribution in [3.05, 3.63) is 24.0 Å². The molecule has 0 aliphatic rings. The predicted molar refractivity (Wildman–Crippen MR) is 56.4 cm³/mol. The average molecular weight is 193 g/mol. The molecule has 0 saturated heterocycles. The molecular weight excluding hydrogens is 178 g/mol. The van der Waals surface area contributed by atoms with Crippen LogP contribution in [0.3, 0.4) is 0 Å². The largest absolute Gasteiger partial charge is 0.385 e. The molecule has 1 aromatic rings. The fourth-order valence-corrected chi connectivity index (χ4v) is 1.06. The normalized spacial score (nSPS) is 9.57. The van der Waals surface area contributed by atoms with Gasteiger partial charge in [-0.25, -0.2) is 0 Å². The average Bonchev–Trinajstić information content (AvgIpc) is 2.25. The van der Waals surface area contributed by atoms with E-state index in [0.717, 1.165) is 18.7 Å². The van der Waals surface area contributed by atoms with Gasteiger partial charge in [-0.1, -0.05) is 6.92 Å². The van der Waals surface area contributed by atoms with Gasteiger partial charge in [0.05, 0.1) is 0 Å². The van der Waals surface area contributed by atoms with E-state index in [1.807, 2.05) is 6.07 Å². The molecule has 0 radical (unpaired) electrons. The fourth-order valence-electron chi connectivity index (χ4n) is 1.06. The number of nitrogens with zero attached hydrogens (tertiary/aromatic N) is 1. The van der Waals surface area contributed by atoms with Crippen molar-refractivity contribution in [2.75, 3.05) is 18.9 Å². The summed E-state index contributed by atoms with van der Waals surface area (Å²) in [7, 11) is 1.59. The molecule has 0 aromatic carbocycles. The minimum absolute atomic E-state index is 0.162. The number of nitrogens with one attached hydrogen (secondary N) is 2. The van der Waals surface area contributed by atoms with Crippen molar-refractivity contribution < 1.29 is 4.79 Å². The quantitative estimate of drug-likeness (QED) is 0.757. The van der Waals surface area contributed by atoms with Gasteiger partial charge < -0.3 is 10.6 Å². The molecule has 0 saturated carbocycles. The number of hydrogen-bond donors (Lipinski definition) is 2. The summed E-state index contributed by atoms with van der Waals surface area (Å²) in [4.78, 5) is 15.2. The monoisotopic (exact) mass is 193 g/mol. The van der Waals surface area contributed by atoms with Gasteiger partial charge in [-0.05, 0) is 18.6 Å². The summed E-state index contributed by atoms with van der Waals surface area (Å²) in [5.74, 6) is -0.162. The zero-order valence-electron chi connectivity index (χ0n) is 8.50. The Hall–Kier alpha value is -1.58. The lowest BCUT2D eigenvalue weighted by Crippen LogP contribution is -2.19. The molecule has 4 heteroatoms. The van der Waals surface area contributed by atoms with Crippen molar-refractivity contribution in [3.8, 4) is 0 Å². The minimum Gasteiger partial charge on any atom is -0.385 e. The highest BCUT2D eigenvalue weighted by atomic mass is 16.1. The number of pyridine rings is 1. The molecule has 1 heterocycles. The molecule has 0 spiro atoms. The van der Waals surface area contributed by atoms with Crippen LogP contribution in [0.15, 0.2) is 18.3 Å². The molecule has 1 amide bonds. The minimum atomic E-state index is -0.162. The van der Waals surface area contributed by atoms with E-state index >= 15 is 0 Å². The summed E-state index contributed by atoms with van der Waals surface area (Å²) >= 11 is 0. The zero-order chi connectivity index (χ0) is 10.4. The standard InChI is InChI=1S/C10H15N3O/c1-3-5-12-8-4-6-13-9(7-8)10(14)11-2/h4,6-7H,3,5H2,1-2H3,(H,11,14)(H,12,13). The third-order valence-corrected chi connectivity index (χ3v) is 1.80. The van der Waals surface area contributed by atoms with E-state index in [0.29, 0.717) is 5.69 Å². The lowest BCUT2D eigenvalue weighted by Gasteiger charge is -2.05. The Morgan fingerprint density at radius 3 is 3.00 bits per heavy atom. The van der Waals surface area contributed by atoms with Gasteiger partial charge in [-0.3, -0.25) is 9.78 Å². The van der Waals surface area contributed by atoms with Gasteiger partial charge >= 0.3 is 0 Å². The SMILES string of the molecule is CCCNc1ccnc(C(=O)NC)c1. The summed E-state index contributed by atoms with van der Waals surface area (Å²) in [5, 5.41) is 5.73. The molecule has 2 N–H and O–H groups in total. The third kappa shape index (κ3) is 2.73. The van der Waals surface area contributed by atoms with Crippen LogP contribution in [0.5, 0.6) is 0 Å². The highest BCUT2D eigenvalue weighted by Gasteiger charge is 2.04. The summed E-state index contributed by atoms with van der Waals surface area (Å²) < 4.78 is 0. The van der Waals surface area contributed by atoms with E-state index in [9.17, 15) is 4.79 Å². The number of anilines is 1. The van der Waals surface area contributed by atoms with Gasteiger partial charge in [0.15, 0.2) is 0 Å². The summed E-state index contributed by atoms with van der Waals surface area (Å²) in [6.07, 6.45) is 2.68. The van der Waals surface area contributed by atoms with Crippen molar-refractivity contribution in [3.63, 3.8) is 0 Å². The van der Waals surface area contributed by atoms with Crippen LogP contribution < -0.4 is 10.6 Å². The Labute approximate surface area is 83.7 Å². The van der Waals surface area contributed by atoms with E-state index in [1.165, 1.54) is 0 Å². The molecule has 0 fully saturated rings. The van der Waals surface area contributed by atoms with Crippen LogP contribution in [0.1, 0.15) is 23.8 Å². The molecule has 0 aliphatic heterocycles. The lowest BCUT2D eigenvalue weighted by molar-refractivity contribution is 0.0958. The molecule has 0 aliphatic carbocycles. The van der Waals surface area contributed by atoms with E-state index in [4.69, 9.17) is 0 Å². The first-order valence-corrected chi connectivity index (χ1v) is 4.70. The van der Waals surface area contributed by atoms with Gasteiger partial charge in [0.2, 0.25) is 0 Å². The highest BCUT2D eigenvalue weighted by molar-refractivity contribution is 5.92. The fraction of sp³-hybridized carbons (Fsp3) is 0.400. The number of rotatable bonds is 4. The van der Waals surface area contributed by atoms with Crippen LogP contribution in [-0.4, -0.2) is 24.5 Å². The van der Waals surface area contributed by atoms with Crippen LogP contribution in [-0.2, 0) is 0 Å². The topological polar surface area (TPSA) is 54.0 Å². The first-order chi connectivity index (χ1) is 6.77. The molecule has 4 nitrogen and oxygen atoms in total. The van der Waals surface area contributed by atoms with Crippen molar-refractivity contribution in [2.45, 2.75) is 13.3 Å². The second-order valence-electron chi connectivity index (χ2n) is 2.94. The summed E-state index contributed by atoms with van der Waals surface area (Å²) in [6.45, 7) is 2.99. The molecule has 0 bridgehead atoms. The summed E-state index contributed by atoms with van der Waals surface area (Å²) in [5.41, 5.74) is 1.37. The number of carbonyl (C=O) groups is 1. The van der Waals surface area contributed by atoms with Crippen LogP contribution >= 0.6 is 0 Å². The number of hydrogen-bond acceptors (Lipinski definition) is 3. The molecule has 76 valence electrons. The Bertz CT molecular complexity index is 312. The summed E-state index contributed by atoms with van der Waals surface area (Å²) in [6, 6.07) is 3.59. The van der Waals surface area contributed by atoms with Crippen molar-refractivity contribution >= 4 is 11.6 Å². The molecule has 0 atom stereocenters. The van der Waals surface area contributed by atoms with Crippen molar-refractivity contribution in [1.29, 1.82) is 0 Å². The Morgan fingerprint density at radius 2 is 2.36 bits per heavy atom. The van der Waals surface area contributed by atoms with Gasteiger partial charge in [0.1, 0.15) is 5.69 Å². The van der Waals surface area contributed by atoms with E-state index in [-0.39, 0.29) is 5.91 Å². The number of carbonyl (C=O) groups excluding carboxylic acids is 1. The van der Waals surface area contributed by atoms with E-state index in [2.05, 4.69) is 22.5 Å². The van der Waals surface area contributed by atoms with Crippen LogP contribution in [0.2, 0.25) is 0 Å². The maximum Gasteiger partial charge on any atom is 0.269 e. The Morgan fingerprint density at radius 1 is 1.57 bits per heavy atom. The molecule has 14 heavy (non-hydrogen) atoms.